The Hall–Kier alpha value is -3.33. The molecule has 0 aliphatic carbocycles. The first-order chi connectivity index (χ1) is 17.5. The number of alkyl halides is 3. The maximum atomic E-state index is 12.9. The van der Waals surface area contributed by atoms with Crippen molar-refractivity contribution < 1.29 is 27.5 Å². The van der Waals surface area contributed by atoms with Crippen LogP contribution in [0.25, 0.3) is 6.08 Å². The van der Waals surface area contributed by atoms with Gasteiger partial charge in [-0.15, -0.1) is 0 Å². The van der Waals surface area contributed by atoms with E-state index >= 15 is 0 Å². The number of ether oxygens (including phenoxy) is 1. The van der Waals surface area contributed by atoms with Gasteiger partial charge in [0.2, 0.25) is 0 Å². The number of carbonyl (C=O) groups is 2. The predicted molar refractivity (Wildman–Crippen MR) is 141 cm³/mol. The Morgan fingerprint density at radius 2 is 1.65 bits per heavy atom. The van der Waals surface area contributed by atoms with Gasteiger partial charge in [0, 0.05) is 16.4 Å². The minimum absolute atomic E-state index is 0.107. The van der Waals surface area contributed by atoms with Crippen molar-refractivity contribution in [2.75, 3.05) is 17.2 Å². The van der Waals surface area contributed by atoms with E-state index < -0.39 is 23.6 Å². The molecule has 190 valence electrons. The standard InChI is InChI=1S/C25H15Br2ClF3N3O3/c26-20-9-14(8-15(12-32)24(36)34-19-3-1-2-16(11-19)25(29,30)31)10-21(27)23(20)37-13-22(35)33-18-6-4-17(28)5-7-18/h1-11H,13H2,(H,33,35)(H,34,36)/b15-8+. The molecule has 3 aromatic rings. The zero-order valence-electron chi connectivity index (χ0n) is 18.5. The van der Waals surface area contributed by atoms with Gasteiger partial charge in [-0.05, 0) is 98.1 Å². The summed E-state index contributed by atoms with van der Waals surface area (Å²) in [6.07, 6.45) is -3.32. The molecule has 12 heteroatoms. The van der Waals surface area contributed by atoms with Crippen LogP contribution in [0, 0.1) is 11.3 Å². The minimum Gasteiger partial charge on any atom is -0.481 e. The third-order valence-electron chi connectivity index (χ3n) is 4.62. The van der Waals surface area contributed by atoms with Gasteiger partial charge in [-0.3, -0.25) is 9.59 Å². The van der Waals surface area contributed by atoms with Crippen molar-refractivity contribution >= 4 is 72.7 Å². The molecule has 0 fully saturated rings. The SMILES string of the molecule is N#C/C(=C\c1cc(Br)c(OCC(=O)Nc2ccc(Cl)cc2)c(Br)c1)C(=O)Nc1cccc(C(F)(F)F)c1. The summed E-state index contributed by atoms with van der Waals surface area (Å²) in [7, 11) is 0. The molecule has 37 heavy (non-hydrogen) atoms. The Kier molecular flexibility index (Phi) is 9.37. The molecule has 2 N–H and O–H groups in total. The summed E-state index contributed by atoms with van der Waals surface area (Å²) >= 11 is 12.5. The van der Waals surface area contributed by atoms with Gasteiger partial charge in [0.25, 0.3) is 11.8 Å². The van der Waals surface area contributed by atoms with Crippen molar-refractivity contribution in [1.82, 2.24) is 0 Å². The van der Waals surface area contributed by atoms with Crippen LogP contribution >= 0.6 is 43.5 Å². The molecule has 0 aliphatic rings. The van der Waals surface area contributed by atoms with Crippen molar-refractivity contribution in [3.05, 3.63) is 91.3 Å². The van der Waals surface area contributed by atoms with Crippen molar-refractivity contribution in [1.29, 1.82) is 5.26 Å². The highest BCUT2D eigenvalue weighted by molar-refractivity contribution is 9.11. The number of rotatable bonds is 7. The lowest BCUT2D eigenvalue weighted by atomic mass is 10.1. The Balaban J connectivity index is 1.70. The van der Waals surface area contributed by atoms with E-state index in [1.54, 1.807) is 42.5 Å². The second kappa shape index (κ2) is 12.3. The molecular weight excluding hydrogens is 643 g/mol. The van der Waals surface area contributed by atoms with Gasteiger partial charge in [0.1, 0.15) is 17.4 Å². The normalized spacial score (nSPS) is 11.4. The van der Waals surface area contributed by atoms with Gasteiger partial charge in [0.05, 0.1) is 14.5 Å². The van der Waals surface area contributed by atoms with Gasteiger partial charge in [0.15, 0.2) is 6.61 Å². The Labute approximate surface area is 231 Å². The highest BCUT2D eigenvalue weighted by Gasteiger charge is 2.30. The number of carbonyl (C=O) groups excluding carboxylic acids is 2. The number of hydrogen-bond donors (Lipinski definition) is 2. The molecule has 0 spiro atoms. The fraction of sp³-hybridized carbons (Fsp3) is 0.0800. The van der Waals surface area contributed by atoms with Gasteiger partial charge >= 0.3 is 6.18 Å². The number of hydrogen-bond acceptors (Lipinski definition) is 4. The molecule has 0 atom stereocenters. The number of anilines is 2. The second-order valence-electron chi connectivity index (χ2n) is 7.36. The first kappa shape index (κ1) is 28.2. The first-order valence-electron chi connectivity index (χ1n) is 10.2. The molecule has 0 bridgehead atoms. The minimum atomic E-state index is -4.58. The fourth-order valence-corrected chi connectivity index (χ4v) is 4.53. The molecule has 0 saturated heterocycles. The second-order valence-corrected chi connectivity index (χ2v) is 9.51. The van der Waals surface area contributed by atoms with Crippen molar-refractivity contribution in [3.63, 3.8) is 0 Å². The number of amides is 2. The van der Waals surface area contributed by atoms with Crippen LogP contribution in [0.4, 0.5) is 24.5 Å². The quantitative estimate of drug-likeness (QED) is 0.204. The lowest BCUT2D eigenvalue weighted by Gasteiger charge is -2.12. The number of nitrogens with zero attached hydrogens (tertiary/aromatic N) is 1. The van der Waals surface area contributed by atoms with Gasteiger partial charge in [-0.25, -0.2) is 0 Å². The van der Waals surface area contributed by atoms with Crippen molar-refractivity contribution in [2.24, 2.45) is 0 Å². The van der Waals surface area contributed by atoms with Crippen LogP contribution in [0.5, 0.6) is 5.75 Å². The number of halogens is 6. The summed E-state index contributed by atoms with van der Waals surface area (Å²) in [6, 6.07) is 15.5. The van der Waals surface area contributed by atoms with E-state index in [9.17, 15) is 28.0 Å². The average Bonchev–Trinajstić information content (AvgIpc) is 2.83. The summed E-state index contributed by atoms with van der Waals surface area (Å²) in [6.45, 7) is -0.308. The van der Waals surface area contributed by atoms with Crippen LogP contribution in [0.15, 0.2) is 75.2 Å². The smallest absolute Gasteiger partial charge is 0.416 e. The molecule has 0 saturated carbocycles. The molecule has 0 heterocycles. The summed E-state index contributed by atoms with van der Waals surface area (Å²) < 4.78 is 45.2. The third kappa shape index (κ3) is 8.08. The summed E-state index contributed by atoms with van der Waals surface area (Å²) in [5.41, 5.74) is -0.425. The largest absolute Gasteiger partial charge is 0.481 e. The third-order valence-corrected chi connectivity index (χ3v) is 6.05. The van der Waals surface area contributed by atoms with Crippen LogP contribution < -0.4 is 15.4 Å². The first-order valence-corrected chi connectivity index (χ1v) is 12.2. The number of nitrogens with one attached hydrogen (secondary N) is 2. The van der Waals surface area contributed by atoms with E-state index in [1.165, 1.54) is 12.1 Å². The lowest BCUT2D eigenvalue weighted by Crippen LogP contribution is -2.20. The van der Waals surface area contributed by atoms with E-state index in [0.717, 1.165) is 18.2 Å². The zero-order chi connectivity index (χ0) is 27.2. The van der Waals surface area contributed by atoms with Crippen LogP contribution in [-0.4, -0.2) is 18.4 Å². The Bertz CT molecular complexity index is 1380. The number of benzene rings is 3. The zero-order valence-corrected chi connectivity index (χ0v) is 22.4. The van der Waals surface area contributed by atoms with E-state index in [-0.39, 0.29) is 17.9 Å². The lowest BCUT2D eigenvalue weighted by molar-refractivity contribution is -0.137. The molecule has 0 aliphatic heterocycles. The van der Waals surface area contributed by atoms with Crippen molar-refractivity contribution in [2.45, 2.75) is 6.18 Å². The van der Waals surface area contributed by atoms with Crippen LogP contribution in [0.2, 0.25) is 5.02 Å². The van der Waals surface area contributed by atoms with E-state index in [2.05, 4.69) is 42.5 Å². The highest BCUT2D eigenvalue weighted by Crippen LogP contribution is 2.36. The highest BCUT2D eigenvalue weighted by atomic mass is 79.9. The topological polar surface area (TPSA) is 91.2 Å². The summed E-state index contributed by atoms with van der Waals surface area (Å²) in [5.74, 6) is -0.994. The fourth-order valence-electron chi connectivity index (χ4n) is 2.96. The molecule has 6 nitrogen and oxygen atoms in total. The maximum absolute atomic E-state index is 12.9. The van der Waals surface area contributed by atoms with Crippen LogP contribution in [-0.2, 0) is 15.8 Å². The molecule has 0 unspecified atom stereocenters. The average molecular weight is 658 g/mol. The van der Waals surface area contributed by atoms with Crippen molar-refractivity contribution in [3.8, 4) is 11.8 Å². The van der Waals surface area contributed by atoms with Crippen LogP contribution in [0.3, 0.4) is 0 Å². The number of nitriles is 1. The monoisotopic (exact) mass is 655 g/mol. The summed E-state index contributed by atoms with van der Waals surface area (Å²) in [4.78, 5) is 24.7. The molecule has 2 amide bonds. The van der Waals surface area contributed by atoms with E-state index in [4.69, 9.17) is 16.3 Å². The van der Waals surface area contributed by atoms with Crippen LogP contribution in [0.1, 0.15) is 11.1 Å². The summed E-state index contributed by atoms with van der Waals surface area (Å²) in [5, 5.41) is 14.9. The predicted octanol–water partition coefficient (Wildman–Crippen LogP) is 7.45. The molecule has 0 aromatic heterocycles. The van der Waals surface area contributed by atoms with Gasteiger partial charge in [-0.2, -0.15) is 18.4 Å². The van der Waals surface area contributed by atoms with E-state index in [1.807, 2.05) is 0 Å². The molecule has 0 radical (unpaired) electrons. The van der Waals surface area contributed by atoms with Gasteiger partial charge in [-0.1, -0.05) is 17.7 Å². The van der Waals surface area contributed by atoms with E-state index in [0.29, 0.717) is 31.0 Å². The Morgan fingerprint density at radius 3 is 2.24 bits per heavy atom. The molecule has 3 aromatic carbocycles. The van der Waals surface area contributed by atoms with Gasteiger partial charge < -0.3 is 15.4 Å². The maximum Gasteiger partial charge on any atom is 0.416 e. The Morgan fingerprint density at radius 1 is 1.00 bits per heavy atom. The molecular formula is C25H15Br2ClF3N3O3. The molecule has 3 rings (SSSR count).